The van der Waals surface area contributed by atoms with Crippen LogP contribution in [-0.4, -0.2) is 24.2 Å². The Morgan fingerprint density at radius 3 is 2.67 bits per heavy atom. The van der Waals surface area contributed by atoms with E-state index in [4.69, 9.17) is 12.2 Å². The van der Waals surface area contributed by atoms with Crippen molar-refractivity contribution in [1.29, 1.82) is 0 Å². The lowest BCUT2D eigenvalue weighted by Crippen LogP contribution is -2.42. The van der Waals surface area contributed by atoms with Gasteiger partial charge in [-0.15, -0.1) is 6.42 Å². The summed E-state index contributed by atoms with van der Waals surface area (Å²) in [5.41, 5.74) is 4.43. The summed E-state index contributed by atoms with van der Waals surface area (Å²) in [6.07, 6.45) is 6.30. The van der Waals surface area contributed by atoms with E-state index in [9.17, 15) is 8.42 Å². The van der Waals surface area contributed by atoms with Crippen LogP contribution in [0, 0.1) is 12.3 Å². The Morgan fingerprint density at radius 2 is 2.27 bits per heavy atom. The number of nitrogens with two attached hydrogens (primary N) is 1. The Morgan fingerprint density at radius 1 is 1.67 bits per heavy atom. The van der Waals surface area contributed by atoms with E-state index < -0.39 is 15.6 Å². The van der Waals surface area contributed by atoms with Crippen LogP contribution < -0.4 is 10.5 Å². The molecule has 0 unspecified atom stereocenters. The molecule has 15 heavy (non-hydrogen) atoms. The van der Waals surface area contributed by atoms with Gasteiger partial charge in [0.15, 0.2) is 0 Å². The van der Waals surface area contributed by atoms with Crippen LogP contribution in [0.25, 0.3) is 0 Å². The third-order valence-corrected chi connectivity index (χ3v) is 3.36. The van der Waals surface area contributed by atoms with Crippen molar-refractivity contribution >= 4 is 15.8 Å². The summed E-state index contributed by atoms with van der Waals surface area (Å²) in [7, 11) is -3.73. The van der Waals surface area contributed by atoms with Crippen LogP contribution in [0.5, 0.6) is 0 Å². The van der Waals surface area contributed by atoms with Gasteiger partial charge in [0.05, 0.1) is 11.7 Å². The molecule has 1 aromatic heterocycles. The zero-order valence-electron chi connectivity index (χ0n) is 8.40. The van der Waals surface area contributed by atoms with Crippen LogP contribution in [0.4, 0.5) is 5.82 Å². The maximum absolute atomic E-state index is 11.7. The van der Waals surface area contributed by atoms with Crippen molar-refractivity contribution in [2.75, 3.05) is 5.73 Å². The largest absolute Gasteiger partial charge is 0.383 e. The van der Waals surface area contributed by atoms with Gasteiger partial charge < -0.3 is 5.73 Å². The van der Waals surface area contributed by atoms with Gasteiger partial charge in [-0.05, 0) is 13.8 Å². The molecule has 0 fully saturated rings. The van der Waals surface area contributed by atoms with Crippen molar-refractivity contribution in [2.24, 2.45) is 0 Å². The maximum atomic E-state index is 11.7. The first-order valence-electron chi connectivity index (χ1n) is 4.09. The van der Waals surface area contributed by atoms with Gasteiger partial charge >= 0.3 is 0 Å². The van der Waals surface area contributed by atoms with Gasteiger partial charge in [0.25, 0.3) is 0 Å². The summed E-state index contributed by atoms with van der Waals surface area (Å²) < 4.78 is 25.8. The standard InChI is InChI=1S/C8H12N4O2S/c1-4-8(2,3)12-15(13,14)6-5-10-11-7(6)9/h1,5,12H,2-3H3,(H3,9,10,11). The smallest absolute Gasteiger partial charge is 0.247 e. The molecule has 0 amide bonds. The average Bonchev–Trinajstić information content (AvgIpc) is 2.50. The Hall–Kier alpha value is -1.52. The number of nitrogens with zero attached hydrogens (tertiary/aromatic N) is 1. The number of hydrogen-bond donors (Lipinski definition) is 3. The lowest BCUT2D eigenvalue weighted by molar-refractivity contribution is 0.539. The van der Waals surface area contributed by atoms with Gasteiger partial charge in [-0.2, -0.15) is 9.82 Å². The first kappa shape index (κ1) is 11.6. The number of aromatic amines is 1. The van der Waals surface area contributed by atoms with Gasteiger partial charge in [-0.1, -0.05) is 5.92 Å². The molecule has 82 valence electrons. The number of rotatable bonds is 3. The van der Waals surface area contributed by atoms with E-state index in [0.717, 1.165) is 6.20 Å². The van der Waals surface area contributed by atoms with Crippen molar-refractivity contribution in [3.05, 3.63) is 6.20 Å². The number of nitrogens with one attached hydrogen (secondary N) is 2. The van der Waals surface area contributed by atoms with Crippen LogP contribution in [0.1, 0.15) is 13.8 Å². The second kappa shape index (κ2) is 3.56. The highest BCUT2D eigenvalue weighted by Gasteiger charge is 2.26. The van der Waals surface area contributed by atoms with Crippen molar-refractivity contribution in [3.63, 3.8) is 0 Å². The predicted octanol–water partition coefficient (Wildman–Crippen LogP) is -0.318. The predicted molar refractivity (Wildman–Crippen MR) is 56.2 cm³/mol. The molecule has 0 aliphatic rings. The molecule has 1 rings (SSSR count). The Kier molecular flexibility index (Phi) is 2.75. The van der Waals surface area contributed by atoms with Crippen molar-refractivity contribution in [1.82, 2.24) is 14.9 Å². The van der Waals surface area contributed by atoms with E-state index in [1.54, 1.807) is 13.8 Å². The topological polar surface area (TPSA) is 101 Å². The van der Waals surface area contributed by atoms with Crippen LogP contribution in [-0.2, 0) is 10.0 Å². The molecule has 4 N–H and O–H groups in total. The summed E-state index contributed by atoms with van der Waals surface area (Å²) in [6.45, 7) is 3.14. The number of H-pyrrole nitrogens is 1. The van der Waals surface area contributed by atoms with Gasteiger partial charge in [-0.3, -0.25) is 5.10 Å². The molecule has 1 heterocycles. The molecule has 0 spiro atoms. The van der Waals surface area contributed by atoms with E-state index in [1.165, 1.54) is 0 Å². The fourth-order valence-electron chi connectivity index (χ4n) is 0.920. The first-order valence-corrected chi connectivity index (χ1v) is 5.57. The Balaban J connectivity index is 3.08. The normalized spacial score (nSPS) is 12.3. The van der Waals surface area contributed by atoms with Gasteiger partial charge in [0.1, 0.15) is 10.7 Å². The summed E-state index contributed by atoms with van der Waals surface area (Å²) in [5, 5.41) is 5.86. The molecule has 7 heteroatoms. The summed E-state index contributed by atoms with van der Waals surface area (Å²) in [5.74, 6) is 2.30. The SMILES string of the molecule is C#CC(C)(C)NS(=O)(=O)c1cn[nH]c1N. The summed E-state index contributed by atoms with van der Waals surface area (Å²) >= 11 is 0. The van der Waals surface area contributed by atoms with E-state index >= 15 is 0 Å². The van der Waals surface area contributed by atoms with Gasteiger partial charge in [-0.25, -0.2) is 8.42 Å². The lowest BCUT2D eigenvalue weighted by atomic mass is 10.1. The zero-order chi connectivity index (χ0) is 11.7. The second-order valence-corrected chi connectivity index (χ2v) is 5.17. The number of nitrogen functional groups attached to an aromatic ring is 1. The van der Waals surface area contributed by atoms with Crippen molar-refractivity contribution in [2.45, 2.75) is 24.3 Å². The van der Waals surface area contributed by atoms with E-state index in [1.807, 2.05) is 0 Å². The lowest BCUT2D eigenvalue weighted by Gasteiger charge is -2.18. The minimum absolute atomic E-state index is 0.0182. The second-order valence-electron chi connectivity index (χ2n) is 3.52. The molecule has 0 atom stereocenters. The molecule has 0 aliphatic heterocycles. The highest BCUT2D eigenvalue weighted by atomic mass is 32.2. The van der Waals surface area contributed by atoms with E-state index in [2.05, 4.69) is 20.8 Å². The van der Waals surface area contributed by atoms with Crippen LogP contribution in [0.2, 0.25) is 0 Å². The molecule has 0 radical (unpaired) electrons. The molecular formula is C8H12N4O2S. The highest BCUT2D eigenvalue weighted by Crippen LogP contribution is 2.16. The molecule has 0 saturated carbocycles. The number of aromatic nitrogens is 2. The molecule has 6 nitrogen and oxygen atoms in total. The monoisotopic (exact) mass is 228 g/mol. The first-order chi connectivity index (χ1) is 6.78. The van der Waals surface area contributed by atoms with Crippen LogP contribution >= 0.6 is 0 Å². The fraction of sp³-hybridized carbons (Fsp3) is 0.375. The number of hydrogen-bond acceptors (Lipinski definition) is 4. The summed E-state index contributed by atoms with van der Waals surface area (Å²) in [6, 6.07) is 0. The van der Waals surface area contributed by atoms with E-state index in [0.29, 0.717) is 0 Å². The molecular weight excluding hydrogens is 216 g/mol. The van der Waals surface area contributed by atoms with Gasteiger partial charge in [0.2, 0.25) is 10.0 Å². The van der Waals surface area contributed by atoms with Crippen molar-refractivity contribution in [3.8, 4) is 12.3 Å². The molecule has 0 bridgehead atoms. The molecule has 1 aromatic rings. The molecule has 0 aliphatic carbocycles. The zero-order valence-corrected chi connectivity index (χ0v) is 9.22. The van der Waals surface area contributed by atoms with Gasteiger partial charge in [0, 0.05) is 0 Å². The third-order valence-electron chi connectivity index (χ3n) is 1.67. The average molecular weight is 228 g/mol. The molecule has 0 saturated heterocycles. The van der Waals surface area contributed by atoms with E-state index in [-0.39, 0.29) is 10.7 Å². The Bertz CT molecular complexity index is 495. The fourth-order valence-corrected chi connectivity index (χ4v) is 2.29. The Labute approximate surface area is 88.3 Å². The summed E-state index contributed by atoms with van der Waals surface area (Å²) in [4.78, 5) is -0.106. The van der Waals surface area contributed by atoms with Crippen molar-refractivity contribution < 1.29 is 8.42 Å². The van der Waals surface area contributed by atoms with Crippen LogP contribution in [0.15, 0.2) is 11.1 Å². The minimum Gasteiger partial charge on any atom is -0.383 e. The molecule has 0 aromatic carbocycles. The number of anilines is 1. The number of terminal acetylenes is 1. The third kappa shape index (κ3) is 2.49. The quantitative estimate of drug-likeness (QED) is 0.617. The number of sulfonamides is 1. The van der Waals surface area contributed by atoms with Crippen LogP contribution in [0.3, 0.4) is 0 Å². The highest BCUT2D eigenvalue weighted by molar-refractivity contribution is 7.89. The minimum atomic E-state index is -3.73. The maximum Gasteiger partial charge on any atom is 0.247 e.